The molecule has 4 fully saturated rings. The van der Waals surface area contributed by atoms with Crippen molar-refractivity contribution in [3.05, 3.63) is 0 Å². The van der Waals surface area contributed by atoms with Crippen molar-refractivity contribution >= 4 is 11.8 Å². The molecule has 14 heteroatoms. The third kappa shape index (κ3) is 8.12. The fraction of sp³-hybridized carbons (Fsp3) is 0.949. The predicted molar refractivity (Wildman–Crippen MR) is 194 cm³/mol. The maximum absolute atomic E-state index is 14.3. The molecule has 0 radical (unpaired) electrons. The number of aliphatic hydroxyl groups is 3. The Labute approximate surface area is 316 Å². The zero-order valence-corrected chi connectivity index (χ0v) is 34.4. The molecule has 308 valence electrons. The highest BCUT2D eigenvalue weighted by atomic mass is 16.7. The third-order valence-corrected chi connectivity index (χ3v) is 13.4. The van der Waals surface area contributed by atoms with Gasteiger partial charge in [0.2, 0.25) is 0 Å². The second kappa shape index (κ2) is 17.1. The van der Waals surface area contributed by atoms with Crippen molar-refractivity contribution in [2.45, 2.75) is 173 Å². The molecule has 6 bridgehead atoms. The topological polar surface area (TPSA) is 172 Å². The van der Waals surface area contributed by atoms with Crippen LogP contribution in [0.3, 0.4) is 0 Å². The highest BCUT2D eigenvalue weighted by Gasteiger charge is 2.62. The SMILES string of the molecule is CC[C@H]1OC(=O)[C@H](C)[C@H]2O[C@H]3CC([C@@H](C)OC)([C@@H]4C[C@H](N(C)C)[C@@H](OC)[C@@H](O4)O[C@H]([C@H]2C)[C@@](C)(OC)C[C@@H](C)C(=O)[C@H](C)[C@@H](O)[C@]1(C)O)[C@@H](O)[C@H](C)O3. The second-order valence-corrected chi connectivity index (χ2v) is 17.0. The van der Waals surface area contributed by atoms with Crippen LogP contribution in [-0.2, 0) is 47.5 Å². The summed E-state index contributed by atoms with van der Waals surface area (Å²) in [6.07, 6.45) is -8.92. The van der Waals surface area contributed by atoms with Crippen LogP contribution in [0.4, 0.5) is 0 Å². The fourth-order valence-electron chi connectivity index (χ4n) is 9.89. The van der Waals surface area contributed by atoms with E-state index in [1.54, 1.807) is 55.9 Å². The predicted octanol–water partition coefficient (Wildman–Crippen LogP) is 2.70. The highest BCUT2D eigenvalue weighted by Crippen LogP contribution is 2.51. The summed E-state index contributed by atoms with van der Waals surface area (Å²) in [6.45, 7) is 15.6. The number of hydrogen-bond acceptors (Lipinski definition) is 14. The lowest BCUT2D eigenvalue weighted by Crippen LogP contribution is -2.67. The molecule has 0 spiro atoms. The number of ether oxygens (including phenoxy) is 8. The summed E-state index contributed by atoms with van der Waals surface area (Å²) >= 11 is 0. The molecule has 0 saturated carbocycles. The Bertz CT molecular complexity index is 1250. The number of carbonyl (C=O) groups excluding carboxylic acids is 2. The lowest BCUT2D eigenvalue weighted by atomic mass is 9.64. The van der Waals surface area contributed by atoms with Gasteiger partial charge < -0.3 is 58.1 Å². The van der Waals surface area contributed by atoms with Crippen molar-refractivity contribution in [2.75, 3.05) is 35.4 Å². The molecule has 3 N–H and O–H groups in total. The molecule has 19 atom stereocenters. The number of Topliss-reactive ketones (excluding diaryl/α,β-unsaturated/α-hetero) is 1. The molecule has 4 saturated heterocycles. The Balaban J connectivity index is 2.00. The van der Waals surface area contributed by atoms with Crippen LogP contribution in [-0.4, -0.2) is 152 Å². The van der Waals surface area contributed by atoms with Gasteiger partial charge in [-0.15, -0.1) is 0 Å². The summed E-state index contributed by atoms with van der Waals surface area (Å²) in [5, 5.41) is 35.2. The van der Waals surface area contributed by atoms with E-state index in [-0.39, 0.29) is 31.1 Å². The zero-order valence-electron chi connectivity index (χ0n) is 34.4. The van der Waals surface area contributed by atoms with Crippen LogP contribution in [0.2, 0.25) is 0 Å². The molecule has 0 aromatic carbocycles. The van der Waals surface area contributed by atoms with Gasteiger partial charge in [-0.25, -0.2) is 0 Å². The number of likely N-dealkylation sites (N-methyl/N-ethyl adjacent to an activating group) is 1. The smallest absolute Gasteiger partial charge is 0.311 e. The molecule has 4 aliphatic heterocycles. The number of methoxy groups -OCH3 is 3. The van der Waals surface area contributed by atoms with Crippen LogP contribution in [0.1, 0.15) is 88.0 Å². The maximum Gasteiger partial charge on any atom is 0.311 e. The molecule has 0 aromatic rings. The van der Waals surface area contributed by atoms with Crippen molar-refractivity contribution in [3.63, 3.8) is 0 Å². The molecule has 1 unspecified atom stereocenters. The van der Waals surface area contributed by atoms with Crippen molar-refractivity contribution in [1.82, 2.24) is 4.90 Å². The monoisotopic (exact) mass is 759 g/mol. The van der Waals surface area contributed by atoms with Gasteiger partial charge in [0.15, 0.2) is 12.6 Å². The summed E-state index contributed by atoms with van der Waals surface area (Å²) in [4.78, 5) is 30.4. The van der Waals surface area contributed by atoms with Gasteiger partial charge in [-0.1, -0.05) is 27.7 Å². The quantitative estimate of drug-likeness (QED) is 0.338. The number of fused-ring (bicyclic) bond motifs is 7. The van der Waals surface area contributed by atoms with Crippen molar-refractivity contribution in [3.8, 4) is 0 Å². The van der Waals surface area contributed by atoms with Gasteiger partial charge in [-0.3, -0.25) is 9.59 Å². The summed E-state index contributed by atoms with van der Waals surface area (Å²) in [6, 6.07) is -0.218. The number of carbonyl (C=O) groups is 2. The molecule has 0 aromatic heterocycles. The Kier molecular flexibility index (Phi) is 14.3. The van der Waals surface area contributed by atoms with Gasteiger partial charge in [-0.2, -0.15) is 0 Å². The minimum Gasteiger partial charge on any atom is -0.459 e. The highest BCUT2D eigenvalue weighted by molar-refractivity contribution is 5.83. The average molecular weight is 760 g/mol. The number of hydrogen-bond donors (Lipinski definition) is 3. The number of cyclic esters (lactones) is 1. The summed E-state index contributed by atoms with van der Waals surface area (Å²) in [5.74, 6) is -4.20. The van der Waals surface area contributed by atoms with E-state index >= 15 is 0 Å². The van der Waals surface area contributed by atoms with E-state index in [0.29, 0.717) is 6.42 Å². The van der Waals surface area contributed by atoms with E-state index in [2.05, 4.69) is 4.90 Å². The molecule has 4 aliphatic rings. The lowest BCUT2D eigenvalue weighted by molar-refractivity contribution is -0.343. The first-order valence-electron chi connectivity index (χ1n) is 19.4. The van der Waals surface area contributed by atoms with Crippen molar-refractivity contribution in [2.24, 2.45) is 29.1 Å². The van der Waals surface area contributed by atoms with E-state index in [4.69, 9.17) is 37.9 Å². The van der Waals surface area contributed by atoms with Gasteiger partial charge in [0.1, 0.15) is 23.6 Å². The Morgan fingerprint density at radius 1 is 0.925 bits per heavy atom. The van der Waals surface area contributed by atoms with E-state index < -0.39 is 114 Å². The van der Waals surface area contributed by atoms with E-state index in [9.17, 15) is 24.9 Å². The van der Waals surface area contributed by atoms with Crippen LogP contribution < -0.4 is 0 Å². The molecule has 4 heterocycles. The molecule has 14 nitrogen and oxygen atoms in total. The van der Waals surface area contributed by atoms with Crippen molar-refractivity contribution in [1.29, 1.82) is 0 Å². The molecule has 0 aliphatic carbocycles. The molecule has 53 heavy (non-hydrogen) atoms. The second-order valence-electron chi connectivity index (χ2n) is 17.0. The van der Waals surface area contributed by atoms with Crippen molar-refractivity contribution < 1.29 is 62.8 Å². The first-order chi connectivity index (χ1) is 24.7. The molecule has 4 rings (SSSR count). The first-order valence-corrected chi connectivity index (χ1v) is 19.4. The van der Waals surface area contributed by atoms with E-state index in [1.807, 2.05) is 34.9 Å². The standard InChI is InChI=1S/C39H69NO13/c1-15-26-38(9,45)32(42)20(3)29(41)19(2)17-37(8,48-14)34-21(4)30(22(5)35(44)50-26)52-28-18-39(24(7)46-12,33(43)23(6)49-28)27-16-25(40(10)11)31(47-13)36(51-27)53-34/h19-28,30-34,36,42-43,45H,15-18H2,1-14H3/t19-,20+,21+,22-,23+,24-,25+,26-,27+,28+,30+,31-,32-,33+,34-,36+,37+,38-,39?/m1/s1. The van der Waals surface area contributed by atoms with Crippen LogP contribution in [0.25, 0.3) is 0 Å². The van der Waals surface area contributed by atoms with Crippen LogP contribution in [0.5, 0.6) is 0 Å². The van der Waals surface area contributed by atoms with Crippen LogP contribution in [0, 0.1) is 29.1 Å². The molecular weight excluding hydrogens is 690 g/mol. The maximum atomic E-state index is 14.3. The van der Waals surface area contributed by atoms with E-state index in [1.165, 1.54) is 6.92 Å². The average Bonchev–Trinajstić information content (AvgIpc) is 3.13. The summed E-state index contributed by atoms with van der Waals surface area (Å²) < 4.78 is 52.0. The number of rotatable bonds is 6. The fourth-order valence-corrected chi connectivity index (χ4v) is 9.89. The van der Waals surface area contributed by atoms with Gasteiger partial charge in [0.25, 0.3) is 0 Å². The number of aliphatic hydroxyl groups excluding tert-OH is 2. The first kappa shape index (κ1) is 44.4. The number of esters is 1. The van der Waals surface area contributed by atoms with Crippen LogP contribution >= 0.6 is 0 Å². The Hall–Kier alpha value is -1.30. The minimum atomic E-state index is -1.94. The Morgan fingerprint density at radius 2 is 1.57 bits per heavy atom. The molecular formula is C39H69NO13. The largest absolute Gasteiger partial charge is 0.459 e. The number of nitrogens with zero attached hydrogens (tertiary/aromatic N) is 1. The minimum absolute atomic E-state index is 0.157. The third-order valence-electron chi connectivity index (χ3n) is 13.4. The normalized spacial score (nSPS) is 49.7. The van der Waals surface area contributed by atoms with Gasteiger partial charge in [-0.05, 0) is 68.0 Å². The van der Waals surface area contributed by atoms with Gasteiger partial charge in [0, 0.05) is 51.5 Å². The summed E-state index contributed by atoms with van der Waals surface area (Å²) in [7, 11) is 8.68. The Morgan fingerprint density at radius 3 is 2.11 bits per heavy atom. The number of ketones is 1. The van der Waals surface area contributed by atoms with Crippen LogP contribution in [0.15, 0.2) is 0 Å². The van der Waals surface area contributed by atoms with E-state index in [0.717, 1.165) is 0 Å². The van der Waals surface area contributed by atoms with Gasteiger partial charge in [0.05, 0.1) is 59.7 Å². The zero-order chi connectivity index (χ0) is 40.0. The lowest BCUT2D eigenvalue weighted by Gasteiger charge is -2.56. The molecule has 0 amide bonds. The summed E-state index contributed by atoms with van der Waals surface area (Å²) in [5.41, 5.74) is -4.19. The van der Waals surface area contributed by atoms with Gasteiger partial charge >= 0.3 is 5.97 Å².